The van der Waals surface area contributed by atoms with Gasteiger partial charge < -0.3 is 0 Å². The molecule has 0 fully saturated rings. The Morgan fingerprint density at radius 3 is 1.80 bits per heavy atom. The van der Waals surface area contributed by atoms with Gasteiger partial charge in [0.25, 0.3) is 0 Å². The fourth-order valence-electron chi connectivity index (χ4n) is 2.93. The van der Waals surface area contributed by atoms with Crippen LogP contribution in [-0.2, 0) is 0 Å². The Kier molecular flexibility index (Phi) is 3.65. The minimum Gasteiger partial charge on any atom is -0.192 e. The largest absolute Gasteiger partial charge is 0.192 e. The highest BCUT2D eigenvalue weighted by molar-refractivity contribution is 5.91. The summed E-state index contributed by atoms with van der Waals surface area (Å²) in [7, 11) is 0. The molecule has 2 aromatic carbocycles. The van der Waals surface area contributed by atoms with Gasteiger partial charge in [-0.2, -0.15) is 5.26 Å². The van der Waals surface area contributed by atoms with Gasteiger partial charge >= 0.3 is 0 Å². The molecule has 3 rings (SSSR count). The zero-order chi connectivity index (χ0) is 13.8. The summed E-state index contributed by atoms with van der Waals surface area (Å²) >= 11 is 0. The van der Waals surface area contributed by atoms with Gasteiger partial charge in [-0.25, -0.2) is 0 Å². The molecule has 0 bridgehead atoms. The maximum Gasteiger partial charge on any atom is 0.0991 e. The third-order valence-corrected chi connectivity index (χ3v) is 3.95. The van der Waals surface area contributed by atoms with E-state index in [-0.39, 0.29) is 0 Å². The minimum absolute atomic E-state index is 0.728. The molecule has 0 atom stereocenters. The van der Waals surface area contributed by atoms with Crippen LogP contribution in [-0.4, -0.2) is 0 Å². The maximum atomic E-state index is 8.91. The summed E-state index contributed by atoms with van der Waals surface area (Å²) < 4.78 is 0. The fourth-order valence-corrected chi connectivity index (χ4v) is 2.93. The SMILES string of the molecule is N#Cc1ccc(C2=C(c3ccccc3)CCCC2)cc1. The first-order chi connectivity index (χ1) is 9.88. The van der Waals surface area contributed by atoms with Gasteiger partial charge in [-0.15, -0.1) is 0 Å². The monoisotopic (exact) mass is 259 g/mol. The second-order valence-corrected chi connectivity index (χ2v) is 5.22. The minimum atomic E-state index is 0.728. The molecule has 0 saturated carbocycles. The summed E-state index contributed by atoms with van der Waals surface area (Å²) in [5.41, 5.74) is 6.26. The molecule has 1 heteroatoms. The Morgan fingerprint density at radius 1 is 0.700 bits per heavy atom. The number of allylic oxidation sites excluding steroid dienone is 2. The molecule has 0 heterocycles. The molecular weight excluding hydrogens is 242 g/mol. The van der Waals surface area contributed by atoms with E-state index in [1.807, 2.05) is 12.1 Å². The third-order valence-electron chi connectivity index (χ3n) is 3.95. The quantitative estimate of drug-likeness (QED) is 0.741. The highest BCUT2D eigenvalue weighted by atomic mass is 14.2. The van der Waals surface area contributed by atoms with Crippen molar-refractivity contribution < 1.29 is 0 Å². The molecule has 0 spiro atoms. The van der Waals surface area contributed by atoms with Gasteiger partial charge in [0.15, 0.2) is 0 Å². The average molecular weight is 259 g/mol. The molecule has 0 saturated heterocycles. The topological polar surface area (TPSA) is 23.8 Å². The Bertz CT molecular complexity index is 657. The summed E-state index contributed by atoms with van der Waals surface area (Å²) in [6.45, 7) is 0. The van der Waals surface area contributed by atoms with Crippen LogP contribution >= 0.6 is 0 Å². The van der Waals surface area contributed by atoms with Crippen LogP contribution in [0.2, 0.25) is 0 Å². The first kappa shape index (κ1) is 12.7. The molecule has 0 aliphatic heterocycles. The van der Waals surface area contributed by atoms with Crippen molar-refractivity contribution in [3.05, 3.63) is 71.3 Å². The normalized spacial score (nSPS) is 14.9. The van der Waals surface area contributed by atoms with Crippen molar-refractivity contribution in [1.29, 1.82) is 5.26 Å². The van der Waals surface area contributed by atoms with Crippen LogP contribution in [0.4, 0.5) is 0 Å². The lowest BCUT2D eigenvalue weighted by atomic mass is 9.84. The maximum absolute atomic E-state index is 8.91. The summed E-state index contributed by atoms with van der Waals surface area (Å²) in [5, 5.41) is 8.91. The molecule has 1 nitrogen and oxygen atoms in total. The second-order valence-electron chi connectivity index (χ2n) is 5.22. The van der Waals surface area contributed by atoms with E-state index in [2.05, 4.69) is 48.5 Å². The fraction of sp³-hybridized carbons (Fsp3) is 0.211. The van der Waals surface area contributed by atoms with E-state index in [1.165, 1.54) is 35.1 Å². The molecule has 0 unspecified atom stereocenters. The van der Waals surface area contributed by atoms with Crippen molar-refractivity contribution in [1.82, 2.24) is 0 Å². The van der Waals surface area contributed by atoms with Crippen molar-refractivity contribution >= 4 is 11.1 Å². The van der Waals surface area contributed by atoms with E-state index >= 15 is 0 Å². The van der Waals surface area contributed by atoms with Gasteiger partial charge in [0.2, 0.25) is 0 Å². The first-order valence-corrected chi connectivity index (χ1v) is 7.16. The Balaban J connectivity index is 2.07. The summed E-state index contributed by atoms with van der Waals surface area (Å²) in [5.74, 6) is 0. The summed E-state index contributed by atoms with van der Waals surface area (Å²) in [6.07, 6.45) is 4.81. The Morgan fingerprint density at radius 2 is 1.25 bits per heavy atom. The molecule has 1 aliphatic carbocycles. The number of nitriles is 1. The van der Waals surface area contributed by atoms with Crippen molar-refractivity contribution in [2.75, 3.05) is 0 Å². The number of benzene rings is 2. The van der Waals surface area contributed by atoms with Crippen molar-refractivity contribution in [3.63, 3.8) is 0 Å². The molecule has 0 N–H and O–H groups in total. The highest BCUT2D eigenvalue weighted by Crippen LogP contribution is 2.37. The lowest BCUT2D eigenvalue weighted by Crippen LogP contribution is -1.99. The second kappa shape index (κ2) is 5.75. The number of rotatable bonds is 2. The summed E-state index contributed by atoms with van der Waals surface area (Å²) in [4.78, 5) is 0. The zero-order valence-corrected chi connectivity index (χ0v) is 11.5. The zero-order valence-electron chi connectivity index (χ0n) is 11.5. The number of hydrogen-bond donors (Lipinski definition) is 0. The van der Waals surface area contributed by atoms with E-state index < -0.39 is 0 Å². The Hall–Kier alpha value is -2.33. The van der Waals surface area contributed by atoms with Crippen LogP contribution in [0.3, 0.4) is 0 Å². The van der Waals surface area contributed by atoms with E-state index in [0.717, 1.165) is 18.4 Å². The van der Waals surface area contributed by atoms with Crippen LogP contribution in [0.1, 0.15) is 42.4 Å². The van der Waals surface area contributed by atoms with Gasteiger partial charge in [0.1, 0.15) is 0 Å². The molecular formula is C19H17N. The molecule has 0 aromatic heterocycles. The smallest absolute Gasteiger partial charge is 0.0991 e. The Labute approximate surface area is 120 Å². The van der Waals surface area contributed by atoms with Crippen molar-refractivity contribution in [2.45, 2.75) is 25.7 Å². The first-order valence-electron chi connectivity index (χ1n) is 7.16. The standard InChI is InChI=1S/C19H17N/c20-14-15-10-12-17(13-11-15)19-9-5-4-8-18(19)16-6-2-1-3-7-16/h1-3,6-7,10-13H,4-5,8-9H2. The summed E-state index contributed by atoms with van der Waals surface area (Å²) in [6, 6.07) is 20.9. The molecule has 98 valence electrons. The van der Waals surface area contributed by atoms with Gasteiger partial charge in [-0.05, 0) is 60.1 Å². The lowest BCUT2D eigenvalue weighted by molar-refractivity contribution is 0.753. The van der Waals surface area contributed by atoms with Crippen LogP contribution in [0.15, 0.2) is 54.6 Å². The van der Waals surface area contributed by atoms with E-state index in [1.54, 1.807) is 0 Å². The molecule has 0 amide bonds. The molecule has 2 aromatic rings. The van der Waals surface area contributed by atoms with Crippen molar-refractivity contribution in [2.24, 2.45) is 0 Å². The van der Waals surface area contributed by atoms with Gasteiger partial charge in [-0.3, -0.25) is 0 Å². The van der Waals surface area contributed by atoms with Crippen LogP contribution in [0.25, 0.3) is 11.1 Å². The number of nitrogens with zero attached hydrogens (tertiary/aromatic N) is 1. The van der Waals surface area contributed by atoms with Crippen LogP contribution in [0, 0.1) is 11.3 Å². The third kappa shape index (κ3) is 2.51. The molecule has 20 heavy (non-hydrogen) atoms. The number of hydrogen-bond acceptors (Lipinski definition) is 1. The van der Waals surface area contributed by atoms with Gasteiger partial charge in [0, 0.05) is 0 Å². The van der Waals surface area contributed by atoms with E-state index in [9.17, 15) is 0 Å². The van der Waals surface area contributed by atoms with E-state index in [0.29, 0.717) is 0 Å². The highest BCUT2D eigenvalue weighted by Gasteiger charge is 2.15. The van der Waals surface area contributed by atoms with Crippen LogP contribution < -0.4 is 0 Å². The van der Waals surface area contributed by atoms with Crippen molar-refractivity contribution in [3.8, 4) is 6.07 Å². The molecule has 0 radical (unpaired) electrons. The average Bonchev–Trinajstić information content (AvgIpc) is 2.56. The van der Waals surface area contributed by atoms with Gasteiger partial charge in [-0.1, -0.05) is 42.5 Å². The molecule has 1 aliphatic rings. The van der Waals surface area contributed by atoms with Gasteiger partial charge in [0.05, 0.1) is 11.6 Å². The predicted octanol–water partition coefficient (Wildman–Crippen LogP) is 5.04. The van der Waals surface area contributed by atoms with Crippen LogP contribution in [0.5, 0.6) is 0 Å². The lowest BCUT2D eigenvalue weighted by Gasteiger charge is -2.21. The van der Waals surface area contributed by atoms with E-state index in [4.69, 9.17) is 5.26 Å². The predicted molar refractivity (Wildman–Crippen MR) is 82.9 cm³/mol.